The van der Waals surface area contributed by atoms with Crippen LogP contribution in [0.25, 0.3) is 0 Å². The molecule has 1 amide bonds. The number of ether oxygens (including phenoxy) is 2. The summed E-state index contributed by atoms with van der Waals surface area (Å²) < 4.78 is 37.0. The summed E-state index contributed by atoms with van der Waals surface area (Å²) in [6, 6.07) is 13.6. The SMILES string of the molecule is CCOc1ccc(N(C(CC)C(=O)NCCCc2ccccc2OC)S(C)(=O)=O)cc1. The quantitative estimate of drug-likeness (QED) is 0.503. The molecule has 1 N–H and O–H groups in total. The zero-order chi connectivity index (χ0) is 22.9. The smallest absolute Gasteiger partial charge is 0.243 e. The van der Waals surface area contributed by atoms with E-state index in [9.17, 15) is 13.2 Å². The highest BCUT2D eigenvalue weighted by molar-refractivity contribution is 7.92. The van der Waals surface area contributed by atoms with Crippen molar-refractivity contribution >= 4 is 21.6 Å². The number of benzene rings is 2. The average Bonchev–Trinajstić information content (AvgIpc) is 2.75. The summed E-state index contributed by atoms with van der Waals surface area (Å²) >= 11 is 0. The number of hydrogen-bond donors (Lipinski definition) is 1. The van der Waals surface area contributed by atoms with Gasteiger partial charge in [0, 0.05) is 6.54 Å². The fourth-order valence-corrected chi connectivity index (χ4v) is 4.65. The van der Waals surface area contributed by atoms with Crippen molar-refractivity contribution in [2.24, 2.45) is 0 Å². The van der Waals surface area contributed by atoms with Crippen LogP contribution in [0.5, 0.6) is 11.5 Å². The van der Waals surface area contributed by atoms with Crippen LogP contribution < -0.4 is 19.1 Å². The summed E-state index contributed by atoms with van der Waals surface area (Å²) in [5, 5.41) is 2.88. The highest BCUT2D eigenvalue weighted by Gasteiger charge is 2.31. The Kier molecular flexibility index (Phi) is 9.18. The molecule has 0 aliphatic carbocycles. The Morgan fingerprint density at radius 1 is 1.10 bits per heavy atom. The number of nitrogens with one attached hydrogen (secondary N) is 1. The molecule has 0 aromatic heterocycles. The first-order chi connectivity index (χ1) is 14.8. The second-order valence-electron chi connectivity index (χ2n) is 7.12. The summed E-state index contributed by atoms with van der Waals surface area (Å²) in [4.78, 5) is 12.9. The lowest BCUT2D eigenvalue weighted by atomic mass is 10.1. The number of carbonyl (C=O) groups excluding carboxylic acids is 1. The zero-order valence-electron chi connectivity index (χ0n) is 18.6. The fourth-order valence-electron chi connectivity index (χ4n) is 3.43. The Labute approximate surface area is 185 Å². The monoisotopic (exact) mass is 448 g/mol. The van der Waals surface area contributed by atoms with E-state index >= 15 is 0 Å². The molecule has 7 nitrogen and oxygen atoms in total. The van der Waals surface area contributed by atoms with E-state index in [1.807, 2.05) is 31.2 Å². The fraction of sp³-hybridized carbons (Fsp3) is 0.435. The minimum atomic E-state index is -3.67. The van der Waals surface area contributed by atoms with Crippen molar-refractivity contribution in [1.82, 2.24) is 5.32 Å². The van der Waals surface area contributed by atoms with Crippen molar-refractivity contribution in [2.45, 2.75) is 39.2 Å². The molecule has 2 rings (SSSR count). The van der Waals surface area contributed by atoms with E-state index in [4.69, 9.17) is 9.47 Å². The molecule has 0 heterocycles. The first kappa shape index (κ1) is 24.5. The highest BCUT2D eigenvalue weighted by Crippen LogP contribution is 2.25. The van der Waals surface area contributed by atoms with Gasteiger partial charge >= 0.3 is 0 Å². The Bertz CT molecular complexity index is 945. The molecule has 170 valence electrons. The second kappa shape index (κ2) is 11.6. The van der Waals surface area contributed by atoms with Crippen molar-refractivity contribution < 1.29 is 22.7 Å². The normalized spacial score (nSPS) is 12.1. The first-order valence-electron chi connectivity index (χ1n) is 10.4. The van der Waals surface area contributed by atoms with Gasteiger partial charge in [0.2, 0.25) is 15.9 Å². The summed E-state index contributed by atoms with van der Waals surface area (Å²) in [6.45, 7) is 4.63. The number of rotatable bonds is 12. The standard InChI is InChI=1S/C23H32N2O5S/c1-5-21(23(26)24-17-9-11-18-10-7-8-12-22(18)29-3)25(31(4,27)28)19-13-15-20(16-14-19)30-6-2/h7-8,10,12-16,21H,5-6,9,11,17H2,1-4H3,(H,24,26). The van der Waals surface area contributed by atoms with Crippen LogP contribution in [0.1, 0.15) is 32.3 Å². The molecule has 8 heteroatoms. The van der Waals surface area contributed by atoms with E-state index in [-0.39, 0.29) is 5.91 Å². The number of nitrogens with zero attached hydrogens (tertiary/aromatic N) is 1. The lowest BCUT2D eigenvalue weighted by Crippen LogP contribution is -2.49. The maximum atomic E-state index is 12.9. The topological polar surface area (TPSA) is 84.9 Å². The largest absolute Gasteiger partial charge is 0.496 e. The number of sulfonamides is 1. The number of anilines is 1. The molecule has 0 bridgehead atoms. The van der Waals surface area contributed by atoms with Gasteiger partial charge in [0.1, 0.15) is 17.5 Å². The average molecular weight is 449 g/mol. The molecule has 0 fully saturated rings. The molecule has 0 radical (unpaired) electrons. The summed E-state index contributed by atoms with van der Waals surface area (Å²) in [5.41, 5.74) is 1.50. The Morgan fingerprint density at radius 2 is 1.77 bits per heavy atom. The minimum Gasteiger partial charge on any atom is -0.496 e. The van der Waals surface area contributed by atoms with Crippen LogP contribution in [0.3, 0.4) is 0 Å². The lowest BCUT2D eigenvalue weighted by Gasteiger charge is -2.30. The molecule has 1 atom stereocenters. The number of amides is 1. The molecule has 0 aliphatic rings. The Morgan fingerprint density at radius 3 is 2.35 bits per heavy atom. The van der Waals surface area contributed by atoms with Crippen molar-refractivity contribution in [1.29, 1.82) is 0 Å². The van der Waals surface area contributed by atoms with Crippen molar-refractivity contribution in [3.63, 3.8) is 0 Å². The Hall–Kier alpha value is -2.74. The van der Waals surface area contributed by atoms with E-state index in [2.05, 4.69) is 5.32 Å². The number of aryl methyl sites for hydroxylation is 1. The van der Waals surface area contributed by atoms with Crippen LogP contribution in [-0.4, -0.2) is 46.9 Å². The van der Waals surface area contributed by atoms with E-state index in [0.29, 0.717) is 37.4 Å². The van der Waals surface area contributed by atoms with Gasteiger partial charge in [0.25, 0.3) is 0 Å². The van der Waals surface area contributed by atoms with Crippen LogP contribution >= 0.6 is 0 Å². The van der Waals surface area contributed by atoms with Gasteiger partial charge in [-0.25, -0.2) is 8.42 Å². The maximum absolute atomic E-state index is 12.9. The predicted octanol–water partition coefficient (Wildman–Crippen LogP) is 3.39. The van der Waals surface area contributed by atoms with Crippen LogP contribution in [0.4, 0.5) is 5.69 Å². The molecule has 0 saturated heterocycles. The number of methoxy groups -OCH3 is 1. The van der Waals surface area contributed by atoms with Gasteiger partial charge in [-0.1, -0.05) is 25.1 Å². The van der Waals surface area contributed by atoms with Gasteiger partial charge in [-0.05, 0) is 62.1 Å². The summed E-state index contributed by atoms with van der Waals surface area (Å²) in [5.74, 6) is 1.15. The second-order valence-corrected chi connectivity index (χ2v) is 8.98. The lowest BCUT2D eigenvalue weighted by molar-refractivity contribution is -0.122. The molecule has 31 heavy (non-hydrogen) atoms. The summed E-state index contributed by atoms with van der Waals surface area (Å²) in [6.07, 6.45) is 2.92. The third-order valence-corrected chi connectivity index (χ3v) is 6.03. The first-order valence-corrected chi connectivity index (χ1v) is 12.3. The van der Waals surface area contributed by atoms with Crippen LogP contribution in [0, 0.1) is 0 Å². The van der Waals surface area contributed by atoms with Gasteiger partial charge in [-0.3, -0.25) is 9.10 Å². The van der Waals surface area contributed by atoms with Crippen molar-refractivity contribution in [2.75, 3.05) is 30.8 Å². The van der Waals surface area contributed by atoms with Gasteiger partial charge in [-0.15, -0.1) is 0 Å². The third kappa shape index (κ3) is 6.89. The number of hydrogen-bond acceptors (Lipinski definition) is 5. The van der Waals surface area contributed by atoms with E-state index in [0.717, 1.165) is 24.0 Å². The van der Waals surface area contributed by atoms with Crippen LogP contribution in [-0.2, 0) is 21.2 Å². The maximum Gasteiger partial charge on any atom is 0.243 e. The molecule has 0 saturated carbocycles. The predicted molar refractivity (Wildman–Crippen MR) is 123 cm³/mol. The van der Waals surface area contributed by atoms with Crippen molar-refractivity contribution in [3.8, 4) is 11.5 Å². The minimum absolute atomic E-state index is 0.318. The highest BCUT2D eigenvalue weighted by atomic mass is 32.2. The molecular formula is C23H32N2O5S. The molecule has 2 aromatic rings. The van der Waals surface area contributed by atoms with Crippen molar-refractivity contribution in [3.05, 3.63) is 54.1 Å². The third-order valence-electron chi connectivity index (χ3n) is 4.85. The van der Waals surface area contributed by atoms with Gasteiger partial charge in [0.05, 0.1) is 25.7 Å². The van der Waals surface area contributed by atoms with E-state index in [1.165, 1.54) is 4.31 Å². The molecule has 2 aromatic carbocycles. The van der Waals surface area contributed by atoms with E-state index < -0.39 is 16.1 Å². The molecular weight excluding hydrogens is 416 g/mol. The summed E-state index contributed by atoms with van der Waals surface area (Å²) in [7, 11) is -2.03. The number of para-hydroxylation sites is 1. The molecule has 0 aliphatic heterocycles. The van der Waals surface area contributed by atoms with Gasteiger partial charge in [-0.2, -0.15) is 0 Å². The zero-order valence-corrected chi connectivity index (χ0v) is 19.4. The Balaban J connectivity index is 2.06. The van der Waals surface area contributed by atoms with E-state index in [1.54, 1.807) is 38.3 Å². The van der Waals surface area contributed by atoms with Gasteiger partial charge in [0.15, 0.2) is 0 Å². The molecule has 0 spiro atoms. The van der Waals surface area contributed by atoms with Gasteiger partial charge < -0.3 is 14.8 Å². The van der Waals surface area contributed by atoms with Crippen LogP contribution in [0.15, 0.2) is 48.5 Å². The molecule has 1 unspecified atom stereocenters. The van der Waals surface area contributed by atoms with Crippen LogP contribution in [0.2, 0.25) is 0 Å². The number of carbonyl (C=O) groups is 1.